The van der Waals surface area contributed by atoms with Crippen LogP contribution in [0.5, 0.6) is 0 Å². The van der Waals surface area contributed by atoms with Gasteiger partial charge in [0.05, 0.1) is 11.8 Å². The predicted molar refractivity (Wildman–Crippen MR) is 87.7 cm³/mol. The fourth-order valence-corrected chi connectivity index (χ4v) is 2.17. The number of nitrogens with one attached hydrogen (secondary N) is 2. The fraction of sp³-hybridized carbons (Fsp3) is 0. The van der Waals surface area contributed by atoms with E-state index in [1.54, 1.807) is 12.4 Å². The molecular formula is C18H14N4. The number of aromatic amines is 1. The highest BCUT2D eigenvalue weighted by Gasteiger charge is 2.06. The molecule has 1 heterocycles. The minimum absolute atomic E-state index is 0.564. The molecule has 0 aliphatic heterocycles. The highest BCUT2D eigenvalue weighted by Crippen LogP contribution is 2.25. The second-order valence-electron chi connectivity index (χ2n) is 4.70. The molecule has 2 aromatic carbocycles. The van der Waals surface area contributed by atoms with Gasteiger partial charge in [0, 0.05) is 11.8 Å². The predicted octanol–water partition coefficient (Wildman–Crippen LogP) is 4.05. The van der Waals surface area contributed by atoms with Gasteiger partial charge in [-0.05, 0) is 11.1 Å². The molecule has 0 aliphatic carbocycles. The van der Waals surface area contributed by atoms with Crippen LogP contribution in [0.15, 0.2) is 73.1 Å². The number of aromatic nitrogens is 2. The first kappa shape index (κ1) is 13.7. The summed E-state index contributed by atoms with van der Waals surface area (Å²) in [6.07, 6.45) is 3.45. The monoisotopic (exact) mass is 286 g/mol. The lowest BCUT2D eigenvalue weighted by Crippen LogP contribution is -1.93. The molecule has 2 N–H and O–H groups in total. The summed E-state index contributed by atoms with van der Waals surface area (Å²) >= 11 is 0. The molecule has 106 valence electrons. The van der Waals surface area contributed by atoms with E-state index in [4.69, 9.17) is 0 Å². The summed E-state index contributed by atoms with van der Waals surface area (Å²) in [6, 6.07) is 21.7. The smallest absolute Gasteiger partial charge is 0.133 e. The third-order valence-corrected chi connectivity index (χ3v) is 3.29. The molecule has 4 nitrogen and oxygen atoms in total. The second-order valence-corrected chi connectivity index (χ2v) is 4.70. The van der Waals surface area contributed by atoms with Crippen molar-refractivity contribution in [1.82, 2.24) is 10.2 Å². The van der Waals surface area contributed by atoms with Crippen molar-refractivity contribution in [3.05, 3.63) is 78.6 Å². The van der Waals surface area contributed by atoms with Gasteiger partial charge < -0.3 is 5.32 Å². The number of nitrogens with zero attached hydrogens (tertiary/aromatic N) is 2. The number of rotatable bonds is 4. The summed E-state index contributed by atoms with van der Waals surface area (Å²) in [5, 5.41) is 19.4. The summed E-state index contributed by atoms with van der Waals surface area (Å²) in [4.78, 5) is 0. The summed E-state index contributed by atoms with van der Waals surface area (Å²) in [5.74, 6) is 0.759. The standard InChI is InChI=1S/C18H14N4/c19-11-16(14-7-3-1-4-8-14)12-20-18-17(13-21-22-18)15-9-5-2-6-10-15/h1-10,12-13H,(H2,20,21,22)/b16-12+. The van der Waals surface area contributed by atoms with E-state index in [1.807, 2.05) is 60.7 Å². The molecule has 1 aromatic heterocycles. The SMILES string of the molecule is N#C/C(=C\Nc1[nH]ncc1-c1ccccc1)c1ccccc1. The molecule has 0 aliphatic rings. The van der Waals surface area contributed by atoms with Gasteiger partial charge in [0.15, 0.2) is 0 Å². The van der Waals surface area contributed by atoms with Crippen LogP contribution in [0, 0.1) is 11.3 Å². The topological polar surface area (TPSA) is 64.5 Å². The number of anilines is 1. The van der Waals surface area contributed by atoms with Crippen LogP contribution in [0.2, 0.25) is 0 Å². The van der Waals surface area contributed by atoms with E-state index >= 15 is 0 Å². The zero-order valence-corrected chi connectivity index (χ0v) is 11.8. The van der Waals surface area contributed by atoms with Crippen molar-refractivity contribution in [2.75, 3.05) is 5.32 Å². The molecule has 0 fully saturated rings. The van der Waals surface area contributed by atoms with Crippen molar-refractivity contribution >= 4 is 11.4 Å². The molecule has 4 heteroatoms. The average Bonchev–Trinajstić information content (AvgIpc) is 3.06. The van der Waals surface area contributed by atoms with Gasteiger partial charge in [-0.2, -0.15) is 10.4 Å². The van der Waals surface area contributed by atoms with E-state index in [2.05, 4.69) is 21.6 Å². The Morgan fingerprint density at radius 3 is 2.41 bits per heavy atom. The van der Waals surface area contributed by atoms with Crippen LogP contribution in [0.4, 0.5) is 5.82 Å². The maximum absolute atomic E-state index is 9.31. The molecule has 0 amide bonds. The van der Waals surface area contributed by atoms with Gasteiger partial charge in [0.25, 0.3) is 0 Å². The molecule has 0 saturated heterocycles. The number of hydrogen-bond acceptors (Lipinski definition) is 3. The van der Waals surface area contributed by atoms with Crippen molar-refractivity contribution in [2.24, 2.45) is 0 Å². The maximum atomic E-state index is 9.31. The zero-order chi connectivity index (χ0) is 15.2. The largest absolute Gasteiger partial charge is 0.345 e. The fourth-order valence-electron chi connectivity index (χ4n) is 2.17. The van der Waals surface area contributed by atoms with Gasteiger partial charge in [-0.25, -0.2) is 0 Å². The van der Waals surface area contributed by atoms with E-state index in [1.165, 1.54) is 0 Å². The van der Waals surface area contributed by atoms with Crippen molar-refractivity contribution in [2.45, 2.75) is 0 Å². The van der Waals surface area contributed by atoms with Crippen LogP contribution >= 0.6 is 0 Å². The first-order chi connectivity index (χ1) is 10.9. The van der Waals surface area contributed by atoms with Crippen LogP contribution < -0.4 is 5.32 Å². The summed E-state index contributed by atoms with van der Waals surface area (Å²) in [7, 11) is 0. The number of allylic oxidation sites excluding steroid dienone is 1. The Morgan fingerprint density at radius 1 is 1.05 bits per heavy atom. The first-order valence-corrected chi connectivity index (χ1v) is 6.89. The first-order valence-electron chi connectivity index (χ1n) is 6.89. The van der Waals surface area contributed by atoms with Crippen LogP contribution in [-0.2, 0) is 0 Å². The third-order valence-electron chi connectivity index (χ3n) is 3.29. The van der Waals surface area contributed by atoms with Crippen LogP contribution in [0.25, 0.3) is 16.7 Å². The van der Waals surface area contributed by atoms with Crippen LogP contribution in [0.1, 0.15) is 5.56 Å². The minimum atomic E-state index is 0.564. The van der Waals surface area contributed by atoms with E-state index in [0.717, 1.165) is 22.5 Å². The third kappa shape index (κ3) is 2.89. The highest BCUT2D eigenvalue weighted by atomic mass is 15.2. The molecule has 0 saturated carbocycles. The molecule has 0 atom stereocenters. The molecular weight excluding hydrogens is 272 g/mol. The number of H-pyrrole nitrogens is 1. The summed E-state index contributed by atoms with van der Waals surface area (Å²) in [5.41, 5.74) is 3.46. The van der Waals surface area contributed by atoms with Crippen molar-refractivity contribution in [3.63, 3.8) is 0 Å². The van der Waals surface area contributed by atoms with Crippen molar-refractivity contribution in [1.29, 1.82) is 5.26 Å². The Balaban J connectivity index is 1.87. The molecule has 0 unspecified atom stereocenters. The van der Waals surface area contributed by atoms with E-state index < -0.39 is 0 Å². The van der Waals surface area contributed by atoms with Gasteiger partial charge in [-0.3, -0.25) is 5.10 Å². The molecule has 0 spiro atoms. The zero-order valence-electron chi connectivity index (χ0n) is 11.8. The Kier molecular flexibility index (Phi) is 3.98. The highest BCUT2D eigenvalue weighted by molar-refractivity contribution is 5.80. The van der Waals surface area contributed by atoms with Crippen LogP contribution in [-0.4, -0.2) is 10.2 Å². The van der Waals surface area contributed by atoms with Crippen LogP contribution in [0.3, 0.4) is 0 Å². The maximum Gasteiger partial charge on any atom is 0.133 e. The second kappa shape index (κ2) is 6.42. The van der Waals surface area contributed by atoms with Crippen molar-refractivity contribution in [3.8, 4) is 17.2 Å². The molecule has 22 heavy (non-hydrogen) atoms. The van der Waals surface area contributed by atoms with Gasteiger partial charge in [-0.1, -0.05) is 60.7 Å². The molecule has 3 aromatic rings. The minimum Gasteiger partial charge on any atom is -0.345 e. The van der Waals surface area contributed by atoms with E-state index in [-0.39, 0.29) is 0 Å². The quantitative estimate of drug-likeness (QED) is 0.711. The summed E-state index contributed by atoms with van der Waals surface area (Å²) < 4.78 is 0. The van der Waals surface area contributed by atoms with Gasteiger partial charge >= 0.3 is 0 Å². The van der Waals surface area contributed by atoms with Crippen molar-refractivity contribution < 1.29 is 0 Å². The molecule has 3 rings (SSSR count). The molecule has 0 bridgehead atoms. The Bertz CT molecular complexity index is 811. The lowest BCUT2D eigenvalue weighted by Gasteiger charge is -2.04. The Labute approximate surface area is 128 Å². The lowest BCUT2D eigenvalue weighted by molar-refractivity contribution is 1.09. The lowest BCUT2D eigenvalue weighted by atomic mass is 10.1. The Morgan fingerprint density at radius 2 is 1.73 bits per heavy atom. The Hall–Kier alpha value is -3.32. The number of nitriles is 1. The van der Waals surface area contributed by atoms with E-state index in [9.17, 15) is 5.26 Å². The average molecular weight is 286 g/mol. The number of benzene rings is 2. The molecule has 0 radical (unpaired) electrons. The van der Waals surface area contributed by atoms with Gasteiger partial charge in [-0.15, -0.1) is 0 Å². The normalized spacial score (nSPS) is 11.0. The number of hydrogen-bond donors (Lipinski definition) is 2. The summed E-state index contributed by atoms with van der Waals surface area (Å²) in [6.45, 7) is 0. The van der Waals surface area contributed by atoms with Gasteiger partial charge in [0.2, 0.25) is 0 Å². The van der Waals surface area contributed by atoms with E-state index in [0.29, 0.717) is 5.57 Å². The van der Waals surface area contributed by atoms with Gasteiger partial charge in [0.1, 0.15) is 11.9 Å².